The molecule has 2 heterocycles. The standard InChI is InChI=1S/C15H24N6S.HI/c1-11-8-12(2)21(20-11)7-5-6-17-15(16-4)19-10-14-18-9-13(3)22-14;/h8-9H,5-7,10H2,1-4H3,(H2,16,17,19);1H. The molecule has 2 N–H and O–H groups in total. The Morgan fingerprint density at radius 1 is 1.30 bits per heavy atom. The van der Waals surface area contributed by atoms with Gasteiger partial charge in [0.2, 0.25) is 0 Å². The third kappa shape index (κ3) is 6.46. The second-order valence-electron chi connectivity index (χ2n) is 5.22. The Balaban J connectivity index is 0.00000264. The van der Waals surface area contributed by atoms with E-state index in [4.69, 9.17) is 0 Å². The van der Waals surface area contributed by atoms with E-state index in [1.54, 1.807) is 18.4 Å². The number of hydrogen-bond acceptors (Lipinski definition) is 4. The molecular formula is C15H25IN6S. The van der Waals surface area contributed by atoms with Crippen molar-refractivity contribution in [2.45, 2.75) is 40.3 Å². The van der Waals surface area contributed by atoms with Crippen LogP contribution in [0.15, 0.2) is 17.3 Å². The minimum Gasteiger partial charge on any atom is -0.356 e. The fourth-order valence-electron chi connectivity index (χ4n) is 2.20. The average Bonchev–Trinajstić information content (AvgIpc) is 3.03. The fourth-order valence-corrected chi connectivity index (χ4v) is 2.93. The minimum absolute atomic E-state index is 0. The molecule has 0 aliphatic heterocycles. The third-order valence-corrected chi connectivity index (χ3v) is 4.16. The quantitative estimate of drug-likeness (QED) is 0.309. The van der Waals surface area contributed by atoms with Gasteiger partial charge in [-0.2, -0.15) is 5.10 Å². The molecule has 0 atom stereocenters. The first-order valence-corrected chi connectivity index (χ1v) is 8.27. The molecule has 23 heavy (non-hydrogen) atoms. The van der Waals surface area contributed by atoms with Crippen molar-refractivity contribution in [1.29, 1.82) is 0 Å². The van der Waals surface area contributed by atoms with Crippen LogP contribution >= 0.6 is 35.3 Å². The monoisotopic (exact) mass is 448 g/mol. The predicted octanol–water partition coefficient (Wildman–Crippen LogP) is 2.64. The number of thiazole rings is 1. The van der Waals surface area contributed by atoms with Crippen LogP contribution in [0.5, 0.6) is 0 Å². The van der Waals surface area contributed by atoms with Gasteiger partial charge in [0.05, 0.1) is 12.2 Å². The van der Waals surface area contributed by atoms with Crippen LogP contribution in [0.2, 0.25) is 0 Å². The second kappa shape index (κ2) is 9.86. The van der Waals surface area contributed by atoms with Gasteiger partial charge < -0.3 is 10.6 Å². The van der Waals surface area contributed by atoms with Crippen molar-refractivity contribution >= 4 is 41.3 Å². The molecule has 128 valence electrons. The predicted molar refractivity (Wildman–Crippen MR) is 107 cm³/mol. The fraction of sp³-hybridized carbons (Fsp3) is 0.533. The Hall–Kier alpha value is -1.16. The Labute approximate surface area is 158 Å². The largest absolute Gasteiger partial charge is 0.356 e. The zero-order chi connectivity index (χ0) is 15.9. The summed E-state index contributed by atoms with van der Waals surface area (Å²) < 4.78 is 2.05. The highest BCUT2D eigenvalue weighted by Crippen LogP contribution is 2.10. The summed E-state index contributed by atoms with van der Waals surface area (Å²) in [7, 11) is 1.78. The lowest BCUT2D eigenvalue weighted by Crippen LogP contribution is -2.37. The maximum absolute atomic E-state index is 4.46. The van der Waals surface area contributed by atoms with Crippen molar-refractivity contribution in [3.63, 3.8) is 0 Å². The van der Waals surface area contributed by atoms with Crippen LogP contribution in [-0.2, 0) is 13.1 Å². The number of hydrogen-bond donors (Lipinski definition) is 2. The van der Waals surface area contributed by atoms with Gasteiger partial charge >= 0.3 is 0 Å². The maximum Gasteiger partial charge on any atom is 0.191 e. The van der Waals surface area contributed by atoms with Crippen LogP contribution in [0.3, 0.4) is 0 Å². The lowest BCUT2D eigenvalue weighted by molar-refractivity contribution is 0.555. The summed E-state index contributed by atoms with van der Waals surface area (Å²) >= 11 is 1.70. The van der Waals surface area contributed by atoms with Crippen molar-refractivity contribution in [3.8, 4) is 0 Å². The van der Waals surface area contributed by atoms with Crippen molar-refractivity contribution in [2.24, 2.45) is 4.99 Å². The molecule has 0 aliphatic rings. The van der Waals surface area contributed by atoms with E-state index in [1.807, 2.05) is 17.8 Å². The Bertz CT molecular complexity index is 634. The van der Waals surface area contributed by atoms with E-state index in [-0.39, 0.29) is 24.0 Å². The average molecular weight is 448 g/mol. The Kier molecular flexibility index (Phi) is 8.53. The molecule has 0 spiro atoms. The zero-order valence-electron chi connectivity index (χ0n) is 14.1. The molecule has 0 bridgehead atoms. The van der Waals surface area contributed by atoms with Crippen molar-refractivity contribution in [2.75, 3.05) is 13.6 Å². The number of guanidine groups is 1. The first-order valence-electron chi connectivity index (χ1n) is 7.45. The number of rotatable bonds is 6. The maximum atomic E-state index is 4.46. The molecule has 0 radical (unpaired) electrons. The molecule has 0 fully saturated rings. The second-order valence-corrected chi connectivity index (χ2v) is 6.54. The van der Waals surface area contributed by atoms with Crippen molar-refractivity contribution in [3.05, 3.63) is 33.5 Å². The van der Waals surface area contributed by atoms with E-state index < -0.39 is 0 Å². The molecule has 0 saturated heterocycles. The summed E-state index contributed by atoms with van der Waals surface area (Å²) in [5, 5.41) is 12.1. The van der Waals surface area contributed by atoms with Crippen LogP contribution in [0, 0.1) is 20.8 Å². The summed E-state index contributed by atoms with van der Waals surface area (Å²) in [5.41, 5.74) is 2.28. The summed E-state index contributed by atoms with van der Waals surface area (Å²) in [6, 6.07) is 2.10. The van der Waals surface area contributed by atoms with Gasteiger partial charge in [0.15, 0.2) is 5.96 Å². The van der Waals surface area contributed by atoms with Gasteiger partial charge in [-0.15, -0.1) is 35.3 Å². The van der Waals surface area contributed by atoms with E-state index in [1.165, 1.54) is 10.6 Å². The van der Waals surface area contributed by atoms with Gasteiger partial charge in [-0.25, -0.2) is 4.98 Å². The summed E-state index contributed by atoms with van der Waals surface area (Å²) in [5.74, 6) is 0.807. The number of aromatic nitrogens is 3. The molecule has 2 aromatic heterocycles. The number of aliphatic imine (C=N–C) groups is 1. The lowest BCUT2D eigenvalue weighted by atomic mass is 10.4. The van der Waals surface area contributed by atoms with Crippen molar-refractivity contribution in [1.82, 2.24) is 25.4 Å². The van der Waals surface area contributed by atoms with Gasteiger partial charge in [-0.05, 0) is 33.3 Å². The number of nitrogens with one attached hydrogen (secondary N) is 2. The molecule has 0 amide bonds. The summed E-state index contributed by atoms with van der Waals surface area (Å²) in [6.07, 6.45) is 2.89. The van der Waals surface area contributed by atoms with E-state index in [2.05, 4.69) is 45.6 Å². The van der Waals surface area contributed by atoms with Crippen LogP contribution < -0.4 is 10.6 Å². The SMILES string of the molecule is CN=C(NCCCn1nc(C)cc1C)NCc1ncc(C)s1.I. The van der Waals surface area contributed by atoms with Crippen LogP contribution in [0.4, 0.5) is 0 Å². The molecule has 0 unspecified atom stereocenters. The van der Waals surface area contributed by atoms with Crippen molar-refractivity contribution < 1.29 is 0 Å². The summed E-state index contributed by atoms with van der Waals surface area (Å²) in [4.78, 5) is 9.78. The number of aryl methyl sites for hydroxylation is 4. The number of halogens is 1. The zero-order valence-corrected chi connectivity index (χ0v) is 17.2. The topological polar surface area (TPSA) is 67.1 Å². The van der Waals surface area contributed by atoms with E-state index in [9.17, 15) is 0 Å². The smallest absolute Gasteiger partial charge is 0.191 e. The minimum atomic E-state index is 0. The van der Waals surface area contributed by atoms with Gasteiger partial charge in [-0.1, -0.05) is 0 Å². The van der Waals surface area contributed by atoms with Gasteiger partial charge in [0.1, 0.15) is 5.01 Å². The Morgan fingerprint density at radius 3 is 2.65 bits per heavy atom. The molecule has 2 aromatic rings. The van der Waals surface area contributed by atoms with E-state index >= 15 is 0 Å². The molecule has 0 saturated carbocycles. The normalized spacial score (nSPS) is 11.2. The molecular weight excluding hydrogens is 423 g/mol. The van der Waals surface area contributed by atoms with E-state index in [0.29, 0.717) is 6.54 Å². The third-order valence-electron chi connectivity index (χ3n) is 3.24. The lowest BCUT2D eigenvalue weighted by Gasteiger charge is -2.11. The first kappa shape index (κ1) is 19.9. The highest BCUT2D eigenvalue weighted by atomic mass is 127. The van der Waals surface area contributed by atoms with Crippen LogP contribution in [0.25, 0.3) is 0 Å². The Morgan fingerprint density at radius 2 is 2.09 bits per heavy atom. The molecule has 0 aliphatic carbocycles. The molecule has 0 aromatic carbocycles. The summed E-state index contributed by atoms with van der Waals surface area (Å²) in [6.45, 7) is 8.64. The molecule has 2 rings (SSSR count). The van der Waals surface area contributed by atoms with E-state index in [0.717, 1.165) is 36.2 Å². The van der Waals surface area contributed by atoms with Gasteiger partial charge in [-0.3, -0.25) is 9.67 Å². The highest BCUT2D eigenvalue weighted by molar-refractivity contribution is 14.0. The van der Waals surface area contributed by atoms with Crippen LogP contribution in [0.1, 0.15) is 27.7 Å². The molecule has 6 nitrogen and oxygen atoms in total. The first-order chi connectivity index (χ1) is 10.6. The number of nitrogens with zero attached hydrogens (tertiary/aromatic N) is 4. The highest BCUT2D eigenvalue weighted by Gasteiger charge is 2.03. The van der Waals surface area contributed by atoms with Gasteiger partial charge in [0.25, 0.3) is 0 Å². The van der Waals surface area contributed by atoms with Gasteiger partial charge in [0, 0.05) is 36.9 Å². The van der Waals surface area contributed by atoms with Crippen LogP contribution in [-0.4, -0.2) is 34.3 Å². The molecule has 8 heteroatoms.